The number of rotatable bonds is 13. The van der Waals surface area contributed by atoms with E-state index < -0.39 is 0 Å². The Bertz CT molecular complexity index is 160. The van der Waals surface area contributed by atoms with Crippen molar-refractivity contribution in [3.63, 3.8) is 0 Å². The number of unbranched alkanes of at least 4 members (excludes halogenated alkanes) is 7. The molecule has 0 fully saturated rings. The van der Waals surface area contributed by atoms with Crippen molar-refractivity contribution in [1.29, 1.82) is 0 Å². The first-order valence-corrected chi connectivity index (χ1v) is 7.81. The molecule has 0 aromatic rings. The Labute approximate surface area is 114 Å². The minimum absolute atomic E-state index is 0.493. The van der Waals surface area contributed by atoms with Crippen LogP contribution in [0.3, 0.4) is 0 Å². The van der Waals surface area contributed by atoms with Gasteiger partial charge < -0.3 is 4.90 Å². The second-order valence-corrected chi connectivity index (χ2v) is 5.72. The first kappa shape index (κ1) is 17.9. The van der Waals surface area contributed by atoms with Crippen LogP contribution in [0.4, 0.5) is 0 Å². The molecule has 110 valence electrons. The molecular formula is C15H35N3. The highest BCUT2D eigenvalue weighted by molar-refractivity contribution is 4.65. The van der Waals surface area contributed by atoms with Crippen molar-refractivity contribution in [3.05, 3.63) is 0 Å². The molecule has 18 heavy (non-hydrogen) atoms. The van der Waals surface area contributed by atoms with Crippen molar-refractivity contribution in [2.75, 3.05) is 20.6 Å². The van der Waals surface area contributed by atoms with Crippen LogP contribution in [0.5, 0.6) is 0 Å². The van der Waals surface area contributed by atoms with Crippen LogP contribution in [0.1, 0.15) is 71.1 Å². The molecule has 0 aliphatic carbocycles. The molecule has 1 unspecified atom stereocenters. The second-order valence-electron chi connectivity index (χ2n) is 5.72. The Morgan fingerprint density at radius 3 is 1.94 bits per heavy atom. The van der Waals surface area contributed by atoms with Crippen molar-refractivity contribution in [1.82, 2.24) is 10.3 Å². The van der Waals surface area contributed by atoms with Gasteiger partial charge in [-0.25, -0.2) is 0 Å². The van der Waals surface area contributed by atoms with Crippen molar-refractivity contribution in [2.45, 2.75) is 77.2 Å². The topological polar surface area (TPSA) is 41.3 Å². The molecule has 1 atom stereocenters. The highest BCUT2D eigenvalue weighted by Crippen LogP contribution is 2.11. The van der Waals surface area contributed by atoms with E-state index in [0.29, 0.717) is 6.04 Å². The minimum Gasteiger partial charge on any atom is -0.309 e. The average Bonchev–Trinajstić information content (AvgIpc) is 2.36. The monoisotopic (exact) mass is 257 g/mol. The Morgan fingerprint density at radius 2 is 1.44 bits per heavy atom. The summed E-state index contributed by atoms with van der Waals surface area (Å²) in [5, 5.41) is 0. The summed E-state index contributed by atoms with van der Waals surface area (Å²) in [6.07, 6.45) is 13.5. The fraction of sp³-hybridized carbons (Fsp3) is 1.00. The van der Waals surface area contributed by atoms with Gasteiger partial charge in [0.2, 0.25) is 0 Å². The molecule has 3 heteroatoms. The van der Waals surface area contributed by atoms with Gasteiger partial charge in [-0.05, 0) is 33.5 Å². The number of hydrogen-bond acceptors (Lipinski definition) is 3. The predicted octanol–water partition coefficient (Wildman–Crippen LogP) is 3.30. The lowest BCUT2D eigenvalue weighted by Gasteiger charge is -2.18. The van der Waals surface area contributed by atoms with Crippen molar-refractivity contribution >= 4 is 0 Å². The number of nitrogens with one attached hydrogen (secondary N) is 1. The highest BCUT2D eigenvalue weighted by atomic mass is 15.2. The predicted molar refractivity (Wildman–Crippen MR) is 81.5 cm³/mol. The SMILES string of the molecule is CCCCCCCCCCC(CCN(C)C)NN. The van der Waals surface area contributed by atoms with Gasteiger partial charge in [-0.3, -0.25) is 11.3 Å². The molecule has 0 radical (unpaired) electrons. The first-order chi connectivity index (χ1) is 8.70. The smallest absolute Gasteiger partial charge is 0.0222 e. The van der Waals surface area contributed by atoms with Gasteiger partial charge in [0.25, 0.3) is 0 Å². The van der Waals surface area contributed by atoms with E-state index in [2.05, 4.69) is 31.3 Å². The number of nitrogens with zero attached hydrogens (tertiary/aromatic N) is 1. The lowest BCUT2D eigenvalue weighted by atomic mass is 10.0. The molecule has 0 bridgehead atoms. The zero-order valence-electron chi connectivity index (χ0n) is 12.9. The van der Waals surface area contributed by atoms with E-state index in [0.717, 1.165) is 13.0 Å². The van der Waals surface area contributed by atoms with Crippen LogP contribution in [-0.2, 0) is 0 Å². The van der Waals surface area contributed by atoms with Gasteiger partial charge in [0.15, 0.2) is 0 Å². The molecule has 0 saturated carbocycles. The Kier molecular flexibility index (Phi) is 13.2. The van der Waals surface area contributed by atoms with E-state index in [1.54, 1.807) is 0 Å². The maximum Gasteiger partial charge on any atom is 0.0222 e. The van der Waals surface area contributed by atoms with Gasteiger partial charge >= 0.3 is 0 Å². The lowest BCUT2D eigenvalue weighted by Crippen LogP contribution is -2.37. The van der Waals surface area contributed by atoms with Crippen LogP contribution in [0.15, 0.2) is 0 Å². The standard InChI is InChI=1S/C15H35N3/c1-4-5-6-7-8-9-10-11-12-15(17-16)13-14-18(2)3/h15,17H,4-14,16H2,1-3H3. The number of nitrogens with two attached hydrogens (primary N) is 1. The van der Waals surface area contributed by atoms with Gasteiger partial charge in [0.05, 0.1) is 0 Å². The third-order valence-corrected chi connectivity index (χ3v) is 3.57. The van der Waals surface area contributed by atoms with E-state index in [1.807, 2.05) is 0 Å². The van der Waals surface area contributed by atoms with Gasteiger partial charge in [-0.1, -0.05) is 58.3 Å². The largest absolute Gasteiger partial charge is 0.309 e. The molecule has 0 amide bonds. The minimum atomic E-state index is 0.493. The molecule has 3 N–H and O–H groups in total. The summed E-state index contributed by atoms with van der Waals surface area (Å²) in [5.41, 5.74) is 2.95. The highest BCUT2D eigenvalue weighted by Gasteiger charge is 2.06. The van der Waals surface area contributed by atoms with Crippen LogP contribution in [-0.4, -0.2) is 31.6 Å². The summed E-state index contributed by atoms with van der Waals surface area (Å²) in [7, 11) is 4.23. The molecule has 3 nitrogen and oxygen atoms in total. The number of hydrogen-bond donors (Lipinski definition) is 2. The van der Waals surface area contributed by atoms with Crippen LogP contribution in [0.25, 0.3) is 0 Å². The van der Waals surface area contributed by atoms with Crippen LogP contribution in [0, 0.1) is 0 Å². The van der Waals surface area contributed by atoms with Crippen LogP contribution < -0.4 is 11.3 Å². The normalized spacial score (nSPS) is 13.2. The van der Waals surface area contributed by atoms with Gasteiger partial charge in [0.1, 0.15) is 0 Å². The molecule has 0 aliphatic heterocycles. The second kappa shape index (κ2) is 13.3. The van der Waals surface area contributed by atoms with E-state index in [9.17, 15) is 0 Å². The van der Waals surface area contributed by atoms with Crippen molar-refractivity contribution in [2.24, 2.45) is 5.84 Å². The maximum absolute atomic E-state index is 5.59. The van der Waals surface area contributed by atoms with E-state index >= 15 is 0 Å². The third kappa shape index (κ3) is 12.3. The molecule has 0 heterocycles. The van der Waals surface area contributed by atoms with Gasteiger partial charge in [0, 0.05) is 6.04 Å². The fourth-order valence-corrected chi connectivity index (χ4v) is 2.25. The summed E-state index contributed by atoms with van der Waals surface area (Å²) in [5.74, 6) is 5.59. The molecule has 0 aromatic carbocycles. The van der Waals surface area contributed by atoms with Gasteiger partial charge in [-0.2, -0.15) is 0 Å². The van der Waals surface area contributed by atoms with E-state index in [-0.39, 0.29) is 0 Å². The number of hydrazine groups is 1. The third-order valence-electron chi connectivity index (χ3n) is 3.57. The molecule has 0 aromatic heterocycles. The Hall–Kier alpha value is -0.120. The molecule has 0 rings (SSSR count). The zero-order valence-corrected chi connectivity index (χ0v) is 12.9. The first-order valence-electron chi connectivity index (χ1n) is 7.81. The quantitative estimate of drug-likeness (QED) is 0.302. The molecule has 0 saturated heterocycles. The maximum atomic E-state index is 5.59. The van der Waals surface area contributed by atoms with E-state index in [1.165, 1.54) is 57.8 Å². The van der Waals surface area contributed by atoms with Gasteiger partial charge in [-0.15, -0.1) is 0 Å². The Balaban J connectivity index is 3.28. The van der Waals surface area contributed by atoms with Crippen molar-refractivity contribution < 1.29 is 0 Å². The summed E-state index contributed by atoms with van der Waals surface area (Å²) < 4.78 is 0. The zero-order chi connectivity index (χ0) is 13.6. The van der Waals surface area contributed by atoms with Crippen LogP contribution in [0.2, 0.25) is 0 Å². The average molecular weight is 257 g/mol. The summed E-state index contributed by atoms with van der Waals surface area (Å²) in [6, 6.07) is 0.493. The molecular weight excluding hydrogens is 222 g/mol. The summed E-state index contributed by atoms with van der Waals surface area (Å²) in [4.78, 5) is 2.22. The van der Waals surface area contributed by atoms with Crippen LogP contribution >= 0.6 is 0 Å². The van der Waals surface area contributed by atoms with E-state index in [4.69, 9.17) is 5.84 Å². The molecule has 0 aliphatic rings. The lowest BCUT2D eigenvalue weighted by molar-refractivity contribution is 0.345. The fourth-order valence-electron chi connectivity index (χ4n) is 2.25. The summed E-state index contributed by atoms with van der Waals surface area (Å²) >= 11 is 0. The van der Waals surface area contributed by atoms with Crippen molar-refractivity contribution in [3.8, 4) is 0 Å². The summed E-state index contributed by atoms with van der Waals surface area (Å²) in [6.45, 7) is 3.39. The molecule has 0 spiro atoms. The Morgan fingerprint density at radius 1 is 0.889 bits per heavy atom.